The van der Waals surface area contributed by atoms with E-state index < -0.39 is 5.97 Å². The first kappa shape index (κ1) is 13.7. The Balaban J connectivity index is 2.09. The Morgan fingerprint density at radius 3 is 2.52 bits per heavy atom. The predicted octanol–water partition coefficient (Wildman–Crippen LogP) is 3.94. The van der Waals surface area contributed by atoms with Crippen LogP contribution in [0.1, 0.15) is 34.3 Å². The molecule has 0 heterocycles. The zero-order valence-corrected chi connectivity index (χ0v) is 12.1. The van der Waals surface area contributed by atoms with Gasteiger partial charge in [-0.15, -0.1) is 0 Å². The van der Waals surface area contributed by atoms with Gasteiger partial charge in [-0.1, -0.05) is 18.2 Å². The smallest absolute Gasteiger partial charge is 0.336 e. The first-order valence-corrected chi connectivity index (χ1v) is 7.22. The van der Waals surface area contributed by atoms with Crippen LogP contribution in [0, 0.1) is 0 Å². The Morgan fingerprint density at radius 2 is 1.81 bits per heavy atom. The Hall–Kier alpha value is -2.29. The van der Waals surface area contributed by atoms with E-state index in [2.05, 4.69) is 12.1 Å². The van der Waals surface area contributed by atoms with Crippen molar-refractivity contribution in [1.29, 1.82) is 0 Å². The van der Waals surface area contributed by atoms with Crippen LogP contribution < -0.4 is 4.74 Å². The lowest BCUT2D eigenvalue weighted by molar-refractivity contribution is 0.0697. The van der Waals surface area contributed by atoms with Gasteiger partial charge in [0.15, 0.2) is 0 Å². The van der Waals surface area contributed by atoms with Crippen LogP contribution in [-0.2, 0) is 12.8 Å². The van der Waals surface area contributed by atoms with Gasteiger partial charge in [-0.2, -0.15) is 0 Å². The largest absolute Gasteiger partial charge is 0.497 e. The van der Waals surface area contributed by atoms with Crippen molar-refractivity contribution in [3.63, 3.8) is 0 Å². The molecule has 0 spiro atoms. The van der Waals surface area contributed by atoms with Gasteiger partial charge in [0.1, 0.15) is 5.75 Å². The molecule has 0 bridgehead atoms. The number of methoxy groups -OCH3 is 1. The molecule has 0 saturated heterocycles. The van der Waals surface area contributed by atoms with Gasteiger partial charge in [-0.3, -0.25) is 0 Å². The zero-order chi connectivity index (χ0) is 14.8. The quantitative estimate of drug-likeness (QED) is 0.927. The van der Waals surface area contributed by atoms with Gasteiger partial charge >= 0.3 is 5.97 Å². The zero-order valence-electron chi connectivity index (χ0n) is 12.1. The van der Waals surface area contributed by atoms with Crippen molar-refractivity contribution in [1.82, 2.24) is 0 Å². The van der Waals surface area contributed by atoms with Gasteiger partial charge in [0.25, 0.3) is 0 Å². The number of ether oxygens (including phenoxy) is 1. The Labute approximate surface area is 124 Å². The summed E-state index contributed by atoms with van der Waals surface area (Å²) in [7, 11) is 1.54. The van der Waals surface area contributed by atoms with Crippen molar-refractivity contribution in [2.24, 2.45) is 0 Å². The van der Waals surface area contributed by atoms with E-state index in [1.807, 2.05) is 12.1 Å². The van der Waals surface area contributed by atoms with Gasteiger partial charge in [0.2, 0.25) is 0 Å². The third-order valence-corrected chi connectivity index (χ3v) is 4.12. The summed E-state index contributed by atoms with van der Waals surface area (Å²) in [5.41, 5.74) is 4.75. The number of aromatic carboxylic acids is 1. The third-order valence-electron chi connectivity index (χ3n) is 4.12. The lowest BCUT2D eigenvalue weighted by Crippen LogP contribution is -2.04. The van der Waals surface area contributed by atoms with Crippen molar-refractivity contribution < 1.29 is 14.6 Å². The van der Waals surface area contributed by atoms with Crippen molar-refractivity contribution in [3.05, 3.63) is 53.1 Å². The highest BCUT2D eigenvalue weighted by atomic mass is 16.5. The normalized spacial score (nSPS) is 13.6. The minimum Gasteiger partial charge on any atom is -0.497 e. The maximum atomic E-state index is 11.5. The second kappa shape index (κ2) is 5.60. The van der Waals surface area contributed by atoms with Gasteiger partial charge < -0.3 is 9.84 Å². The third kappa shape index (κ3) is 2.64. The number of rotatable bonds is 3. The molecule has 1 aliphatic rings. The van der Waals surface area contributed by atoms with Gasteiger partial charge in [-0.25, -0.2) is 4.79 Å². The molecule has 0 radical (unpaired) electrons. The Kier molecular flexibility index (Phi) is 3.65. The van der Waals surface area contributed by atoms with E-state index in [0.717, 1.165) is 24.0 Å². The number of benzene rings is 2. The highest BCUT2D eigenvalue weighted by Gasteiger charge is 2.15. The topological polar surface area (TPSA) is 46.5 Å². The maximum absolute atomic E-state index is 11.5. The first-order chi connectivity index (χ1) is 10.2. The minimum atomic E-state index is -0.929. The number of carboxylic acids is 1. The Bertz CT molecular complexity index is 689. The highest BCUT2D eigenvalue weighted by Crippen LogP contribution is 2.31. The summed E-state index contributed by atoms with van der Waals surface area (Å²) in [5, 5.41) is 9.43. The van der Waals surface area contributed by atoms with E-state index in [-0.39, 0.29) is 5.56 Å². The highest BCUT2D eigenvalue weighted by molar-refractivity contribution is 5.96. The molecule has 0 fully saturated rings. The van der Waals surface area contributed by atoms with E-state index in [1.165, 1.54) is 24.0 Å². The average molecular weight is 282 g/mol. The van der Waals surface area contributed by atoms with Crippen LogP contribution in [0.5, 0.6) is 5.75 Å². The van der Waals surface area contributed by atoms with Crippen LogP contribution in [0.2, 0.25) is 0 Å². The molecule has 0 atom stereocenters. The van der Waals surface area contributed by atoms with E-state index >= 15 is 0 Å². The molecule has 0 aliphatic heterocycles. The molecule has 1 aliphatic carbocycles. The molecular formula is C18H18O3. The van der Waals surface area contributed by atoms with Gasteiger partial charge in [0.05, 0.1) is 12.7 Å². The van der Waals surface area contributed by atoms with Crippen molar-refractivity contribution in [2.45, 2.75) is 25.7 Å². The molecule has 2 aromatic carbocycles. The SMILES string of the molecule is COc1ccc(-c2ccc3c(c2)CCCC3)c(C(=O)O)c1. The summed E-state index contributed by atoms with van der Waals surface area (Å²) in [4.78, 5) is 11.5. The second-order valence-corrected chi connectivity index (χ2v) is 5.41. The standard InChI is InChI=1S/C18H18O3/c1-21-15-8-9-16(17(11-15)18(19)20)14-7-6-12-4-2-3-5-13(12)10-14/h6-11H,2-5H2,1H3,(H,19,20). The molecule has 3 rings (SSSR count). The Morgan fingerprint density at radius 1 is 1.05 bits per heavy atom. The number of aryl methyl sites for hydroxylation is 2. The fourth-order valence-electron chi connectivity index (χ4n) is 2.98. The fourth-order valence-corrected chi connectivity index (χ4v) is 2.98. The number of carboxylic acid groups (broad SMARTS) is 1. The van der Waals surface area contributed by atoms with Crippen LogP contribution >= 0.6 is 0 Å². The predicted molar refractivity (Wildman–Crippen MR) is 82.0 cm³/mol. The van der Waals surface area contributed by atoms with Crippen molar-refractivity contribution in [3.8, 4) is 16.9 Å². The summed E-state index contributed by atoms with van der Waals surface area (Å²) in [6, 6.07) is 11.5. The van der Waals surface area contributed by atoms with Crippen LogP contribution in [0.15, 0.2) is 36.4 Å². The first-order valence-electron chi connectivity index (χ1n) is 7.22. The van der Waals surface area contributed by atoms with Crippen LogP contribution in [-0.4, -0.2) is 18.2 Å². The molecule has 0 saturated carbocycles. The van der Waals surface area contributed by atoms with Gasteiger partial charge in [0, 0.05) is 0 Å². The second-order valence-electron chi connectivity index (χ2n) is 5.41. The number of fused-ring (bicyclic) bond motifs is 1. The average Bonchev–Trinajstić information content (AvgIpc) is 2.53. The van der Waals surface area contributed by atoms with Crippen molar-refractivity contribution in [2.75, 3.05) is 7.11 Å². The van der Waals surface area contributed by atoms with E-state index in [0.29, 0.717) is 5.75 Å². The number of carbonyl (C=O) groups is 1. The van der Waals surface area contributed by atoms with E-state index in [1.54, 1.807) is 19.2 Å². The van der Waals surface area contributed by atoms with Gasteiger partial charge in [-0.05, 0) is 66.1 Å². The molecule has 3 heteroatoms. The molecular weight excluding hydrogens is 264 g/mol. The molecule has 0 aromatic heterocycles. The summed E-state index contributed by atoms with van der Waals surface area (Å²) in [6.07, 6.45) is 4.67. The molecule has 21 heavy (non-hydrogen) atoms. The number of hydrogen-bond donors (Lipinski definition) is 1. The summed E-state index contributed by atoms with van der Waals surface area (Å²) >= 11 is 0. The summed E-state index contributed by atoms with van der Waals surface area (Å²) in [6.45, 7) is 0. The fraction of sp³-hybridized carbons (Fsp3) is 0.278. The lowest BCUT2D eigenvalue weighted by Gasteiger charge is -2.17. The lowest BCUT2D eigenvalue weighted by atomic mass is 9.88. The monoisotopic (exact) mass is 282 g/mol. The maximum Gasteiger partial charge on any atom is 0.336 e. The molecule has 108 valence electrons. The minimum absolute atomic E-state index is 0.283. The molecule has 0 amide bonds. The van der Waals surface area contributed by atoms with E-state index in [4.69, 9.17) is 4.74 Å². The van der Waals surface area contributed by atoms with Crippen molar-refractivity contribution >= 4 is 5.97 Å². The summed E-state index contributed by atoms with van der Waals surface area (Å²) in [5.74, 6) is -0.365. The molecule has 2 aromatic rings. The molecule has 0 unspecified atom stereocenters. The van der Waals surface area contributed by atoms with Crippen LogP contribution in [0.25, 0.3) is 11.1 Å². The molecule has 3 nitrogen and oxygen atoms in total. The number of hydrogen-bond acceptors (Lipinski definition) is 2. The molecule has 1 N–H and O–H groups in total. The van der Waals surface area contributed by atoms with Crippen LogP contribution in [0.3, 0.4) is 0 Å². The summed E-state index contributed by atoms with van der Waals surface area (Å²) < 4.78 is 5.12. The van der Waals surface area contributed by atoms with E-state index in [9.17, 15) is 9.90 Å². The van der Waals surface area contributed by atoms with Crippen LogP contribution in [0.4, 0.5) is 0 Å².